The minimum atomic E-state index is -0.503. The molecule has 3 heterocycles. The van der Waals surface area contributed by atoms with E-state index in [0.717, 1.165) is 48.0 Å². The maximum absolute atomic E-state index is 14.2. The fourth-order valence-corrected chi connectivity index (χ4v) is 6.23. The molecule has 2 amide bonds. The fourth-order valence-electron chi connectivity index (χ4n) is 5.36. The standard InChI is InChI=1S/C29H34N4O2S/c1-20(2)19-33-27(25-13-8-18-36-25)26(21-9-4-5-10-22(21)29(33)35)28(34)30-23-11-6-7-12-24(23)32-16-14-31(3)15-17-32/h4-13,18,20,26-27H,14-17,19H2,1-3H3,(H,30,34). The summed E-state index contributed by atoms with van der Waals surface area (Å²) in [5, 5.41) is 5.30. The number of hydrogen-bond acceptors (Lipinski definition) is 5. The van der Waals surface area contributed by atoms with E-state index < -0.39 is 5.92 Å². The summed E-state index contributed by atoms with van der Waals surface area (Å²) in [7, 11) is 2.14. The number of rotatable bonds is 6. The van der Waals surface area contributed by atoms with Crippen LogP contribution in [-0.4, -0.2) is 61.4 Å². The number of likely N-dealkylation sites (N-methyl/N-ethyl adjacent to an activating group) is 1. The number of para-hydroxylation sites is 2. The summed E-state index contributed by atoms with van der Waals surface area (Å²) in [6.45, 7) is 8.64. The maximum Gasteiger partial charge on any atom is 0.254 e. The largest absolute Gasteiger partial charge is 0.367 e. The van der Waals surface area contributed by atoms with Crippen molar-refractivity contribution in [2.24, 2.45) is 5.92 Å². The van der Waals surface area contributed by atoms with E-state index in [1.807, 2.05) is 64.9 Å². The van der Waals surface area contributed by atoms with Crippen molar-refractivity contribution in [3.63, 3.8) is 0 Å². The Morgan fingerprint density at radius 2 is 1.72 bits per heavy atom. The van der Waals surface area contributed by atoms with Crippen LogP contribution in [0.2, 0.25) is 0 Å². The molecular weight excluding hydrogens is 468 g/mol. The van der Waals surface area contributed by atoms with E-state index in [1.165, 1.54) is 0 Å². The molecule has 1 aromatic heterocycles. The van der Waals surface area contributed by atoms with Crippen LogP contribution in [-0.2, 0) is 4.79 Å². The number of carbonyl (C=O) groups excluding carboxylic acids is 2. The zero-order valence-electron chi connectivity index (χ0n) is 21.2. The molecule has 188 valence electrons. The van der Waals surface area contributed by atoms with Crippen molar-refractivity contribution in [1.29, 1.82) is 0 Å². The van der Waals surface area contributed by atoms with Crippen molar-refractivity contribution in [2.75, 3.05) is 50.0 Å². The third kappa shape index (κ3) is 4.77. The summed E-state index contributed by atoms with van der Waals surface area (Å²) in [6, 6.07) is 19.4. The molecule has 2 atom stereocenters. The van der Waals surface area contributed by atoms with E-state index in [1.54, 1.807) is 11.3 Å². The third-order valence-corrected chi connectivity index (χ3v) is 8.07. The van der Waals surface area contributed by atoms with Gasteiger partial charge in [0.25, 0.3) is 5.91 Å². The molecule has 5 rings (SSSR count). The number of nitrogens with zero attached hydrogens (tertiary/aromatic N) is 3. The van der Waals surface area contributed by atoms with Crippen LogP contribution in [0.5, 0.6) is 0 Å². The monoisotopic (exact) mass is 502 g/mol. The van der Waals surface area contributed by atoms with Crippen LogP contribution in [0, 0.1) is 5.92 Å². The van der Waals surface area contributed by atoms with E-state index in [2.05, 4.69) is 42.1 Å². The quantitative estimate of drug-likeness (QED) is 0.511. The lowest BCUT2D eigenvalue weighted by Crippen LogP contribution is -2.47. The highest BCUT2D eigenvalue weighted by molar-refractivity contribution is 7.10. The van der Waals surface area contributed by atoms with Crippen molar-refractivity contribution in [1.82, 2.24) is 9.80 Å². The predicted molar refractivity (Wildman–Crippen MR) is 147 cm³/mol. The number of nitrogens with one attached hydrogen (secondary N) is 1. The Morgan fingerprint density at radius 1 is 1.00 bits per heavy atom. The Morgan fingerprint density at radius 3 is 2.44 bits per heavy atom. The van der Waals surface area contributed by atoms with Gasteiger partial charge >= 0.3 is 0 Å². The summed E-state index contributed by atoms with van der Waals surface area (Å²) in [5.74, 6) is -0.302. The highest BCUT2D eigenvalue weighted by atomic mass is 32.1. The average Bonchev–Trinajstić information content (AvgIpc) is 3.41. The molecule has 3 aromatic rings. The molecular formula is C29H34N4O2S. The Balaban J connectivity index is 1.54. The van der Waals surface area contributed by atoms with Gasteiger partial charge in [0.05, 0.1) is 23.3 Å². The van der Waals surface area contributed by atoms with Crippen LogP contribution < -0.4 is 10.2 Å². The van der Waals surface area contributed by atoms with Gasteiger partial charge in [-0.1, -0.05) is 50.2 Å². The molecule has 2 unspecified atom stereocenters. The zero-order chi connectivity index (χ0) is 25.2. The van der Waals surface area contributed by atoms with Gasteiger partial charge < -0.3 is 20.0 Å². The van der Waals surface area contributed by atoms with E-state index >= 15 is 0 Å². The Kier molecular flexibility index (Phi) is 7.12. The molecule has 1 fully saturated rings. The van der Waals surface area contributed by atoms with Crippen LogP contribution in [0.1, 0.15) is 46.6 Å². The molecule has 0 spiro atoms. The van der Waals surface area contributed by atoms with Gasteiger partial charge in [0.15, 0.2) is 0 Å². The molecule has 2 aliphatic rings. The first-order valence-corrected chi connectivity index (χ1v) is 13.6. The highest BCUT2D eigenvalue weighted by Crippen LogP contribution is 2.45. The molecule has 6 nitrogen and oxygen atoms in total. The fraction of sp³-hybridized carbons (Fsp3) is 0.379. The van der Waals surface area contributed by atoms with Crippen molar-refractivity contribution in [2.45, 2.75) is 25.8 Å². The van der Waals surface area contributed by atoms with Gasteiger partial charge in [0.2, 0.25) is 5.91 Å². The lowest BCUT2D eigenvalue weighted by molar-refractivity contribution is -0.119. The van der Waals surface area contributed by atoms with Gasteiger partial charge in [0.1, 0.15) is 0 Å². The van der Waals surface area contributed by atoms with Gasteiger partial charge in [-0.3, -0.25) is 9.59 Å². The highest BCUT2D eigenvalue weighted by Gasteiger charge is 2.44. The minimum absolute atomic E-state index is 0.000383. The minimum Gasteiger partial charge on any atom is -0.367 e. The normalized spacial score (nSPS) is 20.5. The summed E-state index contributed by atoms with van der Waals surface area (Å²) >= 11 is 1.60. The van der Waals surface area contributed by atoms with Gasteiger partial charge in [0, 0.05) is 43.2 Å². The maximum atomic E-state index is 14.2. The number of thiophene rings is 1. The van der Waals surface area contributed by atoms with E-state index in [-0.39, 0.29) is 23.8 Å². The molecule has 0 radical (unpaired) electrons. The number of piperazine rings is 1. The van der Waals surface area contributed by atoms with Gasteiger partial charge in [-0.2, -0.15) is 0 Å². The van der Waals surface area contributed by atoms with Crippen LogP contribution in [0.3, 0.4) is 0 Å². The first kappa shape index (κ1) is 24.5. The molecule has 0 bridgehead atoms. The molecule has 1 N–H and O–H groups in total. The smallest absolute Gasteiger partial charge is 0.254 e. The number of anilines is 2. The summed E-state index contributed by atoms with van der Waals surface area (Å²) in [6.07, 6.45) is 0. The molecule has 0 aliphatic carbocycles. The first-order chi connectivity index (χ1) is 17.4. The second-order valence-corrected chi connectivity index (χ2v) is 11.2. The SMILES string of the molecule is CC(C)CN1C(=O)c2ccccc2C(C(=O)Nc2ccccc2N2CCN(C)CC2)C1c1cccs1. The summed E-state index contributed by atoms with van der Waals surface area (Å²) in [5.41, 5.74) is 3.29. The van der Waals surface area contributed by atoms with E-state index in [0.29, 0.717) is 12.1 Å². The Hall–Kier alpha value is -3.16. The predicted octanol–water partition coefficient (Wildman–Crippen LogP) is 5.08. The van der Waals surface area contributed by atoms with Crippen molar-refractivity contribution < 1.29 is 9.59 Å². The molecule has 1 saturated heterocycles. The summed E-state index contributed by atoms with van der Waals surface area (Å²) in [4.78, 5) is 35.5. The number of benzene rings is 2. The van der Waals surface area contributed by atoms with Crippen molar-refractivity contribution in [3.05, 3.63) is 82.0 Å². The number of fused-ring (bicyclic) bond motifs is 1. The lowest BCUT2D eigenvalue weighted by atomic mass is 9.81. The molecule has 2 aliphatic heterocycles. The Labute approximate surface area is 217 Å². The van der Waals surface area contributed by atoms with Crippen LogP contribution >= 0.6 is 11.3 Å². The molecule has 7 heteroatoms. The summed E-state index contributed by atoms with van der Waals surface area (Å²) < 4.78 is 0. The van der Waals surface area contributed by atoms with E-state index in [4.69, 9.17) is 0 Å². The van der Waals surface area contributed by atoms with Crippen LogP contribution in [0.25, 0.3) is 0 Å². The number of carbonyl (C=O) groups is 2. The van der Waals surface area contributed by atoms with Gasteiger partial charge in [-0.25, -0.2) is 0 Å². The molecule has 36 heavy (non-hydrogen) atoms. The van der Waals surface area contributed by atoms with Crippen molar-refractivity contribution in [3.8, 4) is 0 Å². The van der Waals surface area contributed by atoms with Crippen LogP contribution in [0.15, 0.2) is 66.0 Å². The number of hydrogen-bond donors (Lipinski definition) is 1. The molecule has 2 aromatic carbocycles. The molecule has 0 saturated carbocycles. The van der Waals surface area contributed by atoms with E-state index in [9.17, 15) is 9.59 Å². The third-order valence-electron chi connectivity index (χ3n) is 7.12. The first-order valence-electron chi connectivity index (χ1n) is 12.7. The topological polar surface area (TPSA) is 55.9 Å². The van der Waals surface area contributed by atoms with Crippen molar-refractivity contribution >= 4 is 34.5 Å². The van der Waals surface area contributed by atoms with Crippen LogP contribution in [0.4, 0.5) is 11.4 Å². The second-order valence-electron chi connectivity index (χ2n) is 10.2. The van der Waals surface area contributed by atoms with Gasteiger partial charge in [-0.05, 0) is 48.2 Å². The zero-order valence-corrected chi connectivity index (χ0v) is 22.0. The second kappa shape index (κ2) is 10.4. The number of amides is 2. The average molecular weight is 503 g/mol. The Bertz CT molecular complexity index is 1220. The van der Waals surface area contributed by atoms with Gasteiger partial charge in [-0.15, -0.1) is 11.3 Å². The lowest BCUT2D eigenvalue weighted by Gasteiger charge is -2.42.